The van der Waals surface area contributed by atoms with E-state index in [1.165, 1.54) is 69.5 Å². The van der Waals surface area contributed by atoms with Crippen molar-refractivity contribution in [2.45, 2.75) is 97.2 Å². The molecule has 0 rings (SSSR count). The third-order valence-corrected chi connectivity index (χ3v) is 9.05. The van der Waals surface area contributed by atoms with E-state index in [4.69, 9.17) is 4.43 Å². The number of hydrogen-bond donors (Lipinski definition) is 0. The highest BCUT2D eigenvalue weighted by Gasteiger charge is 2.28. The topological polar surface area (TPSA) is 9.23 Å². The second kappa shape index (κ2) is 14.4. The average molecular weight is 311 g/mol. The van der Waals surface area contributed by atoms with Crippen molar-refractivity contribution in [2.24, 2.45) is 0 Å². The summed E-state index contributed by atoms with van der Waals surface area (Å²) in [5.74, 6) is 0. The number of hydrogen-bond acceptors (Lipinski definition) is 1. The Balaban J connectivity index is 3.61. The Morgan fingerprint density at radius 2 is 1.29 bits per heavy atom. The zero-order valence-electron chi connectivity index (χ0n) is 15.0. The van der Waals surface area contributed by atoms with Gasteiger partial charge in [-0.1, -0.05) is 78.4 Å². The molecular weight excluding hydrogens is 272 g/mol. The second-order valence-corrected chi connectivity index (χ2v) is 10.8. The molecule has 1 nitrogen and oxygen atoms in total. The summed E-state index contributed by atoms with van der Waals surface area (Å²) in [6.07, 6.45) is 19.3. The van der Waals surface area contributed by atoms with E-state index in [2.05, 4.69) is 45.9 Å². The quantitative estimate of drug-likeness (QED) is 0.142. The van der Waals surface area contributed by atoms with Crippen molar-refractivity contribution in [3.05, 3.63) is 24.5 Å². The lowest BCUT2D eigenvalue weighted by atomic mass is 10.1. The molecule has 124 valence electrons. The molecule has 0 saturated heterocycles. The number of unbranched alkanes of at least 4 members (excludes halogenated alkanes) is 7. The van der Waals surface area contributed by atoms with Crippen LogP contribution in [0.4, 0.5) is 0 Å². The molecule has 0 unspecified atom stereocenters. The summed E-state index contributed by atoms with van der Waals surface area (Å²) >= 11 is 0. The molecule has 0 amide bonds. The van der Waals surface area contributed by atoms with Crippen LogP contribution in [0.5, 0.6) is 0 Å². The van der Waals surface area contributed by atoms with E-state index < -0.39 is 8.32 Å². The molecule has 0 aromatic heterocycles. The summed E-state index contributed by atoms with van der Waals surface area (Å²) in [5, 5.41) is 0. The van der Waals surface area contributed by atoms with Gasteiger partial charge in [-0.2, -0.15) is 0 Å². The molecule has 0 aliphatic carbocycles. The smallest absolute Gasteiger partial charge is 0.249 e. The van der Waals surface area contributed by atoms with Crippen LogP contribution in [0.15, 0.2) is 24.5 Å². The fourth-order valence-electron chi connectivity index (χ4n) is 2.62. The average Bonchev–Trinajstić information content (AvgIpc) is 2.53. The van der Waals surface area contributed by atoms with E-state index in [1.807, 2.05) is 6.26 Å². The molecular formula is C19H38OSi. The van der Waals surface area contributed by atoms with Crippen molar-refractivity contribution in [3.63, 3.8) is 0 Å². The van der Waals surface area contributed by atoms with Gasteiger partial charge in [-0.3, -0.25) is 0 Å². The Labute approximate surface area is 135 Å². The highest BCUT2D eigenvalue weighted by molar-refractivity contribution is 6.73. The van der Waals surface area contributed by atoms with Gasteiger partial charge in [0.25, 0.3) is 0 Å². The van der Waals surface area contributed by atoms with E-state index in [0.717, 1.165) is 0 Å². The first-order valence-corrected chi connectivity index (χ1v) is 11.8. The first-order chi connectivity index (χ1) is 10.2. The lowest BCUT2D eigenvalue weighted by Gasteiger charge is -2.26. The third kappa shape index (κ3) is 10.8. The van der Waals surface area contributed by atoms with Crippen molar-refractivity contribution < 1.29 is 4.43 Å². The van der Waals surface area contributed by atoms with Gasteiger partial charge in [-0.05, 0) is 37.0 Å². The van der Waals surface area contributed by atoms with Gasteiger partial charge >= 0.3 is 0 Å². The Bertz CT molecular complexity index is 258. The first-order valence-electron chi connectivity index (χ1n) is 9.24. The standard InChI is InChI=1S/C19H38OSi/c1-5-9-10-11-12-13-14-15-16-17-18-19-20-21(6-2,7-3)8-4/h16-19H,5-15H2,1-4H3/b17-16+,19-18+. The van der Waals surface area contributed by atoms with E-state index in [0.29, 0.717) is 0 Å². The number of rotatable bonds is 14. The minimum absolute atomic E-state index is 1.20. The molecule has 0 heterocycles. The Hall–Kier alpha value is -0.503. The Kier molecular flexibility index (Phi) is 14.1. The van der Waals surface area contributed by atoms with Gasteiger partial charge in [0.15, 0.2) is 0 Å². The van der Waals surface area contributed by atoms with Crippen LogP contribution in [0, 0.1) is 0 Å². The second-order valence-electron chi connectivity index (χ2n) is 6.03. The summed E-state index contributed by atoms with van der Waals surface area (Å²) in [4.78, 5) is 0. The van der Waals surface area contributed by atoms with Gasteiger partial charge < -0.3 is 4.43 Å². The van der Waals surface area contributed by atoms with E-state index >= 15 is 0 Å². The van der Waals surface area contributed by atoms with Crippen molar-refractivity contribution in [1.29, 1.82) is 0 Å². The monoisotopic (exact) mass is 310 g/mol. The maximum atomic E-state index is 6.07. The predicted molar refractivity (Wildman–Crippen MR) is 99.2 cm³/mol. The molecule has 0 atom stereocenters. The molecule has 0 fully saturated rings. The summed E-state index contributed by atoms with van der Waals surface area (Å²) < 4.78 is 6.07. The number of allylic oxidation sites excluding steroid dienone is 3. The minimum atomic E-state index is -1.44. The zero-order chi connectivity index (χ0) is 15.8. The van der Waals surface area contributed by atoms with E-state index in [9.17, 15) is 0 Å². The zero-order valence-corrected chi connectivity index (χ0v) is 16.0. The molecule has 0 bridgehead atoms. The Morgan fingerprint density at radius 1 is 0.714 bits per heavy atom. The summed E-state index contributed by atoms with van der Waals surface area (Å²) in [6.45, 7) is 9.08. The van der Waals surface area contributed by atoms with Gasteiger partial charge in [0.1, 0.15) is 0 Å². The molecule has 0 aromatic carbocycles. The molecule has 2 heteroatoms. The SMILES string of the molecule is CCCCCCCCC/C=C/C=C/O[Si](CC)(CC)CC. The molecule has 21 heavy (non-hydrogen) atoms. The largest absolute Gasteiger partial charge is 0.549 e. The maximum Gasteiger partial charge on any atom is 0.249 e. The molecule has 0 aromatic rings. The minimum Gasteiger partial charge on any atom is -0.549 e. The normalized spacial score (nSPS) is 12.6. The van der Waals surface area contributed by atoms with Crippen LogP contribution in [0.25, 0.3) is 0 Å². The van der Waals surface area contributed by atoms with Crippen molar-refractivity contribution in [2.75, 3.05) is 0 Å². The third-order valence-electron chi connectivity index (χ3n) is 4.55. The highest BCUT2D eigenvalue weighted by Crippen LogP contribution is 2.21. The fraction of sp³-hybridized carbons (Fsp3) is 0.789. The summed E-state index contributed by atoms with van der Waals surface area (Å²) in [7, 11) is -1.44. The van der Waals surface area contributed by atoms with Gasteiger partial charge in [0.2, 0.25) is 8.32 Å². The summed E-state index contributed by atoms with van der Waals surface area (Å²) in [5.41, 5.74) is 0. The predicted octanol–water partition coefficient (Wildman–Crippen LogP) is 7.22. The fourth-order valence-corrected chi connectivity index (χ4v) is 4.99. The highest BCUT2D eigenvalue weighted by atomic mass is 28.4. The molecule has 0 saturated carbocycles. The van der Waals surface area contributed by atoms with Crippen LogP contribution in [-0.2, 0) is 4.43 Å². The van der Waals surface area contributed by atoms with Crippen LogP contribution in [0.1, 0.15) is 79.1 Å². The van der Waals surface area contributed by atoms with Gasteiger partial charge in [-0.15, -0.1) is 0 Å². The van der Waals surface area contributed by atoms with Gasteiger partial charge in [0, 0.05) is 0 Å². The first kappa shape index (κ1) is 20.5. The Morgan fingerprint density at radius 3 is 1.86 bits per heavy atom. The molecule has 0 spiro atoms. The molecule has 0 aliphatic rings. The summed E-state index contributed by atoms with van der Waals surface area (Å²) in [6, 6.07) is 3.64. The van der Waals surface area contributed by atoms with Crippen LogP contribution >= 0.6 is 0 Å². The molecule has 0 radical (unpaired) electrons. The molecule has 0 N–H and O–H groups in total. The lowest BCUT2D eigenvalue weighted by molar-refractivity contribution is 0.458. The maximum absolute atomic E-state index is 6.07. The van der Waals surface area contributed by atoms with Crippen molar-refractivity contribution in [1.82, 2.24) is 0 Å². The van der Waals surface area contributed by atoms with Gasteiger partial charge in [0.05, 0.1) is 6.26 Å². The van der Waals surface area contributed by atoms with E-state index in [1.54, 1.807) is 0 Å². The lowest BCUT2D eigenvalue weighted by Crippen LogP contribution is -2.33. The van der Waals surface area contributed by atoms with E-state index in [-0.39, 0.29) is 0 Å². The van der Waals surface area contributed by atoms with Crippen LogP contribution < -0.4 is 0 Å². The van der Waals surface area contributed by atoms with Gasteiger partial charge in [-0.25, -0.2) is 0 Å². The van der Waals surface area contributed by atoms with Crippen LogP contribution in [0.3, 0.4) is 0 Å². The molecule has 0 aliphatic heterocycles. The van der Waals surface area contributed by atoms with Crippen molar-refractivity contribution in [3.8, 4) is 0 Å². The van der Waals surface area contributed by atoms with Crippen molar-refractivity contribution >= 4 is 8.32 Å². The van der Waals surface area contributed by atoms with Crippen LogP contribution in [-0.4, -0.2) is 8.32 Å². The van der Waals surface area contributed by atoms with Crippen LogP contribution in [0.2, 0.25) is 18.1 Å².